The molecular weight excluding hydrogens is 436 g/mol. The molecule has 0 saturated carbocycles. The van der Waals surface area contributed by atoms with Gasteiger partial charge >= 0.3 is 0 Å². The zero-order valence-corrected chi connectivity index (χ0v) is 18.7. The number of carbonyl (C=O) groups excluding carboxylic acids is 1. The Balaban J connectivity index is 1.43. The summed E-state index contributed by atoms with van der Waals surface area (Å²) in [6.45, 7) is 3.87. The van der Waals surface area contributed by atoms with Gasteiger partial charge in [0.05, 0.1) is 5.75 Å². The van der Waals surface area contributed by atoms with Crippen molar-refractivity contribution >= 4 is 35.0 Å². The first-order valence-electron chi connectivity index (χ1n) is 9.40. The molecule has 8 nitrogen and oxygen atoms in total. The van der Waals surface area contributed by atoms with Crippen LogP contribution in [-0.2, 0) is 11.8 Å². The monoisotopic (exact) mass is 454 g/mol. The molecule has 2 aromatic heterocycles. The topological polar surface area (TPSA) is 98.7 Å². The lowest BCUT2D eigenvalue weighted by molar-refractivity contribution is -0.113. The number of halogens is 1. The van der Waals surface area contributed by atoms with Crippen molar-refractivity contribution in [3.05, 3.63) is 58.6 Å². The summed E-state index contributed by atoms with van der Waals surface area (Å²) in [6, 6.07) is 13.2. The molecule has 10 heteroatoms. The summed E-state index contributed by atoms with van der Waals surface area (Å²) < 4.78 is 7.09. The van der Waals surface area contributed by atoms with Crippen LogP contribution in [0.4, 0.5) is 5.69 Å². The molecule has 0 fully saturated rings. The Morgan fingerprint density at radius 3 is 2.71 bits per heavy atom. The van der Waals surface area contributed by atoms with Gasteiger partial charge < -0.3 is 14.4 Å². The Kier molecular flexibility index (Phi) is 6.06. The number of carbonyl (C=O) groups is 1. The SMILES string of the molecule is Cc1ccc(-c2noc(-c3nnc(SCC(=O)Nc4cccc(Cl)c4C)n3C)n2)cc1. The number of nitrogens with one attached hydrogen (secondary N) is 1. The first-order chi connectivity index (χ1) is 14.9. The van der Waals surface area contributed by atoms with Gasteiger partial charge in [-0.2, -0.15) is 4.98 Å². The minimum absolute atomic E-state index is 0.163. The highest BCUT2D eigenvalue weighted by atomic mass is 35.5. The molecular formula is C21H19ClN6O2S. The second kappa shape index (κ2) is 8.91. The molecule has 1 amide bonds. The van der Waals surface area contributed by atoms with E-state index in [0.717, 1.165) is 16.7 Å². The van der Waals surface area contributed by atoms with Gasteiger partial charge in [-0.15, -0.1) is 10.2 Å². The largest absolute Gasteiger partial charge is 0.330 e. The van der Waals surface area contributed by atoms with Crippen LogP contribution in [0, 0.1) is 13.8 Å². The lowest BCUT2D eigenvalue weighted by Gasteiger charge is -2.09. The van der Waals surface area contributed by atoms with Crippen molar-refractivity contribution in [2.24, 2.45) is 7.05 Å². The maximum absolute atomic E-state index is 12.3. The molecule has 2 aromatic carbocycles. The number of aromatic nitrogens is 5. The minimum atomic E-state index is -0.167. The summed E-state index contributed by atoms with van der Waals surface area (Å²) >= 11 is 7.36. The molecule has 2 heterocycles. The zero-order chi connectivity index (χ0) is 22.0. The molecule has 0 radical (unpaired) electrons. The van der Waals surface area contributed by atoms with E-state index in [2.05, 4.69) is 25.7 Å². The number of nitrogens with zero attached hydrogens (tertiary/aromatic N) is 5. The molecule has 0 spiro atoms. The number of rotatable bonds is 6. The van der Waals surface area contributed by atoms with Crippen molar-refractivity contribution < 1.29 is 9.32 Å². The fourth-order valence-electron chi connectivity index (χ4n) is 2.82. The van der Waals surface area contributed by atoms with Crippen LogP contribution in [0.15, 0.2) is 52.1 Å². The Hall–Kier alpha value is -3.17. The van der Waals surface area contributed by atoms with E-state index < -0.39 is 0 Å². The lowest BCUT2D eigenvalue weighted by atomic mass is 10.1. The maximum Gasteiger partial charge on any atom is 0.296 e. The van der Waals surface area contributed by atoms with Gasteiger partial charge in [-0.25, -0.2) is 0 Å². The highest BCUT2D eigenvalue weighted by molar-refractivity contribution is 7.99. The number of anilines is 1. The van der Waals surface area contributed by atoms with Gasteiger partial charge in [-0.1, -0.05) is 64.4 Å². The molecule has 31 heavy (non-hydrogen) atoms. The Morgan fingerprint density at radius 2 is 1.94 bits per heavy atom. The molecule has 0 aliphatic carbocycles. The van der Waals surface area contributed by atoms with E-state index >= 15 is 0 Å². The average Bonchev–Trinajstić information content (AvgIpc) is 3.37. The minimum Gasteiger partial charge on any atom is -0.330 e. The van der Waals surface area contributed by atoms with Gasteiger partial charge in [0, 0.05) is 23.3 Å². The molecule has 1 N–H and O–H groups in total. The first kappa shape index (κ1) is 21.1. The van der Waals surface area contributed by atoms with Crippen LogP contribution in [0.25, 0.3) is 23.1 Å². The van der Waals surface area contributed by atoms with Crippen LogP contribution >= 0.6 is 23.4 Å². The standard InChI is InChI=1S/C21H19ClN6O2S/c1-12-7-9-14(10-8-12)18-24-20(30-27-18)19-25-26-21(28(19)3)31-11-17(29)23-16-6-4-5-15(22)13(16)2/h4-10H,11H2,1-3H3,(H,23,29). The van der Waals surface area contributed by atoms with E-state index in [1.807, 2.05) is 44.2 Å². The number of thioether (sulfide) groups is 1. The van der Waals surface area contributed by atoms with E-state index in [4.69, 9.17) is 16.1 Å². The van der Waals surface area contributed by atoms with Gasteiger partial charge in [0.2, 0.25) is 17.6 Å². The van der Waals surface area contributed by atoms with E-state index in [-0.39, 0.29) is 17.6 Å². The molecule has 4 rings (SSSR count). The van der Waals surface area contributed by atoms with Crippen molar-refractivity contribution in [3.8, 4) is 23.1 Å². The molecule has 0 aliphatic rings. The second-order valence-corrected chi connectivity index (χ2v) is 8.25. The number of benzene rings is 2. The highest BCUT2D eigenvalue weighted by Gasteiger charge is 2.19. The van der Waals surface area contributed by atoms with Gasteiger partial charge in [0.25, 0.3) is 5.89 Å². The molecule has 0 saturated heterocycles. The van der Waals surface area contributed by atoms with Gasteiger partial charge in [0.1, 0.15) is 0 Å². The predicted molar refractivity (Wildman–Crippen MR) is 120 cm³/mol. The molecule has 158 valence electrons. The van der Waals surface area contributed by atoms with Crippen molar-refractivity contribution in [2.45, 2.75) is 19.0 Å². The van der Waals surface area contributed by atoms with Crippen molar-refractivity contribution in [3.63, 3.8) is 0 Å². The molecule has 0 unspecified atom stereocenters. The zero-order valence-electron chi connectivity index (χ0n) is 17.1. The molecule has 4 aromatic rings. The third-order valence-corrected chi connectivity index (χ3v) is 6.07. The van der Waals surface area contributed by atoms with Gasteiger partial charge in [-0.05, 0) is 31.5 Å². The predicted octanol–water partition coefficient (Wildman–Crippen LogP) is 4.53. The van der Waals surface area contributed by atoms with E-state index in [1.165, 1.54) is 11.8 Å². The number of hydrogen-bond acceptors (Lipinski definition) is 7. The quantitative estimate of drug-likeness (QED) is 0.427. The Bertz CT molecular complexity index is 1240. The van der Waals surface area contributed by atoms with Gasteiger partial charge in [-0.3, -0.25) is 4.79 Å². The molecule has 0 aliphatic heterocycles. The van der Waals surface area contributed by atoms with Crippen LogP contribution in [0.2, 0.25) is 5.02 Å². The Labute approximate surface area is 188 Å². The fraction of sp³-hybridized carbons (Fsp3) is 0.190. The van der Waals surface area contributed by atoms with E-state index in [1.54, 1.807) is 23.7 Å². The van der Waals surface area contributed by atoms with Crippen LogP contribution in [-0.4, -0.2) is 36.6 Å². The smallest absolute Gasteiger partial charge is 0.296 e. The van der Waals surface area contributed by atoms with Crippen LogP contribution in [0.3, 0.4) is 0 Å². The number of amides is 1. The Morgan fingerprint density at radius 1 is 1.16 bits per heavy atom. The third-order valence-electron chi connectivity index (χ3n) is 4.64. The van der Waals surface area contributed by atoms with Crippen molar-refractivity contribution in [2.75, 3.05) is 11.1 Å². The van der Waals surface area contributed by atoms with Crippen molar-refractivity contribution in [1.29, 1.82) is 0 Å². The first-order valence-corrected chi connectivity index (χ1v) is 10.8. The molecule has 0 bridgehead atoms. The lowest BCUT2D eigenvalue weighted by Crippen LogP contribution is -2.15. The van der Waals surface area contributed by atoms with E-state index in [0.29, 0.717) is 27.5 Å². The highest BCUT2D eigenvalue weighted by Crippen LogP contribution is 2.26. The van der Waals surface area contributed by atoms with Crippen molar-refractivity contribution in [1.82, 2.24) is 24.9 Å². The molecule has 0 atom stereocenters. The van der Waals surface area contributed by atoms with Crippen LogP contribution in [0.5, 0.6) is 0 Å². The second-order valence-electron chi connectivity index (χ2n) is 6.90. The van der Waals surface area contributed by atoms with E-state index in [9.17, 15) is 4.79 Å². The summed E-state index contributed by atoms with van der Waals surface area (Å²) in [5.74, 6) is 1.16. The average molecular weight is 455 g/mol. The fourth-order valence-corrected chi connectivity index (χ4v) is 3.71. The normalized spacial score (nSPS) is 11.0. The van der Waals surface area contributed by atoms with Gasteiger partial charge in [0.15, 0.2) is 5.16 Å². The number of hydrogen-bond donors (Lipinski definition) is 1. The summed E-state index contributed by atoms with van der Waals surface area (Å²) in [5, 5.41) is 16.3. The number of aryl methyl sites for hydroxylation is 1. The summed E-state index contributed by atoms with van der Waals surface area (Å²) in [7, 11) is 1.78. The summed E-state index contributed by atoms with van der Waals surface area (Å²) in [5.41, 5.74) is 3.51. The summed E-state index contributed by atoms with van der Waals surface area (Å²) in [6.07, 6.45) is 0. The maximum atomic E-state index is 12.3. The summed E-state index contributed by atoms with van der Waals surface area (Å²) in [4.78, 5) is 16.8. The van der Waals surface area contributed by atoms with Crippen LogP contribution in [0.1, 0.15) is 11.1 Å². The van der Waals surface area contributed by atoms with Crippen LogP contribution < -0.4 is 5.32 Å². The third kappa shape index (κ3) is 4.62.